The average Bonchev–Trinajstić information content (AvgIpc) is 3.09. The first-order chi connectivity index (χ1) is 13.8. The minimum Gasteiger partial charge on any atom is -0.422 e. The summed E-state index contributed by atoms with van der Waals surface area (Å²) in [4.78, 5) is 12.7. The van der Waals surface area contributed by atoms with Crippen LogP contribution in [0.4, 0.5) is 17.1 Å². The van der Waals surface area contributed by atoms with Gasteiger partial charge in [-0.1, -0.05) is 12.1 Å². The van der Waals surface area contributed by atoms with Crippen LogP contribution in [0.25, 0.3) is 11.0 Å². The van der Waals surface area contributed by atoms with Crippen LogP contribution in [-0.4, -0.2) is 26.1 Å². The van der Waals surface area contributed by atoms with Gasteiger partial charge in [0.2, 0.25) is 0 Å². The fraction of sp³-hybridized carbons (Fsp3) is 0.250. The van der Waals surface area contributed by atoms with Crippen LogP contribution >= 0.6 is 0 Å². The number of benzene rings is 2. The predicted molar refractivity (Wildman–Crippen MR) is 113 cm³/mol. The number of anilines is 3. The van der Waals surface area contributed by atoms with Crippen molar-refractivity contribution in [2.75, 3.05) is 28.6 Å². The first kappa shape index (κ1) is 19.3. The lowest BCUT2D eigenvalue weighted by atomic mass is 10.1. The van der Waals surface area contributed by atoms with Crippen LogP contribution in [0.3, 0.4) is 0 Å². The van der Waals surface area contributed by atoms with Gasteiger partial charge in [0.05, 0.1) is 11.4 Å². The molecule has 3 aromatic rings. The molecule has 0 spiro atoms. The molecule has 2 heterocycles. The van der Waals surface area contributed by atoms with Crippen LogP contribution in [0.15, 0.2) is 57.7 Å². The SMILES string of the molecule is CCN(CC)c1ccc2cc(C3(S(=O)(=O)O)Nc4ccccc4N3)c(=O)oc2c1. The van der Waals surface area contributed by atoms with Gasteiger partial charge >= 0.3 is 15.7 Å². The van der Waals surface area contributed by atoms with Crippen LogP contribution in [0, 0.1) is 0 Å². The average molecular weight is 415 g/mol. The Morgan fingerprint density at radius 3 is 2.21 bits per heavy atom. The van der Waals surface area contributed by atoms with E-state index in [1.165, 1.54) is 6.07 Å². The second-order valence-corrected chi connectivity index (χ2v) is 8.36. The Kier molecular flexibility index (Phi) is 4.51. The van der Waals surface area contributed by atoms with Crippen molar-refractivity contribution in [1.29, 1.82) is 0 Å². The topological polar surface area (TPSA) is 112 Å². The van der Waals surface area contributed by atoms with E-state index < -0.39 is 20.7 Å². The molecule has 0 amide bonds. The predicted octanol–water partition coefficient (Wildman–Crippen LogP) is 3.17. The summed E-state index contributed by atoms with van der Waals surface area (Å²) in [5.41, 5.74) is 1.01. The first-order valence-electron chi connectivity index (χ1n) is 9.25. The number of nitrogens with zero attached hydrogens (tertiary/aromatic N) is 1. The first-order valence-corrected chi connectivity index (χ1v) is 10.7. The lowest BCUT2D eigenvalue weighted by Crippen LogP contribution is -2.49. The summed E-state index contributed by atoms with van der Waals surface area (Å²) in [7, 11) is -4.80. The lowest BCUT2D eigenvalue weighted by molar-refractivity contribution is 0.447. The fourth-order valence-corrected chi connectivity index (χ4v) is 4.54. The molecule has 0 aliphatic carbocycles. The van der Waals surface area contributed by atoms with E-state index in [1.807, 2.05) is 19.9 Å². The molecule has 8 nitrogen and oxygen atoms in total. The van der Waals surface area contributed by atoms with Crippen LogP contribution < -0.4 is 21.2 Å². The smallest absolute Gasteiger partial charge is 0.345 e. The van der Waals surface area contributed by atoms with Crippen LogP contribution in [-0.2, 0) is 15.1 Å². The van der Waals surface area contributed by atoms with Crippen molar-refractivity contribution in [3.63, 3.8) is 0 Å². The number of para-hydroxylation sites is 2. The number of rotatable bonds is 5. The molecule has 4 rings (SSSR count). The molecule has 0 atom stereocenters. The van der Waals surface area contributed by atoms with E-state index in [0.717, 1.165) is 18.8 Å². The Bertz CT molecular complexity index is 1220. The standard InChI is InChI=1S/C20H21N3O5S/c1-3-23(4-2)14-10-9-13-11-15(19(24)28-18(13)12-14)20(29(25,26)27)21-16-7-5-6-8-17(16)22-20/h5-12,21-22H,3-4H2,1-2H3,(H,25,26,27). The zero-order valence-corrected chi connectivity index (χ0v) is 16.8. The van der Waals surface area contributed by atoms with Gasteiger partial charge in [0, 0.05) is 30.2 Å². The lowest BCUT2D eigenvalue weighted by Gasteiger charge is -2.26. The van der Waals surface area contributed by atoms with E-state index in [9.17, 15) is 17.8 Å². The Balaban J connectivity index is 1.89. The Morgan fingerprint density at radius 1 is 1.03 bits per heavy atom. The van der Waals surface area contributed by atoms with E-state index in [1.54, 1.807) is 36.4 Å². The minimum absolute atomic E-state index is 0.251. The van der Waals surface area contributed by atoms with Gasteiger partial charge in [-0.15, -0.1) is 0 Å². The molecule has 29 heavy (non-hydrogen) atoms. The second-order valence-electron chi connectivity index (χ2n) is 6.79. The number of nitrogens with one attached hydrogen (secondary N) is 2. The Labute approximate surface area is 167 Å². The third kappa shape index (κ3) is 3.02. The molecule has 2 aromatic carbocycles. The molecule has 1 aromatic heterocycles. The normalized spacial score (nSPS) is 14.9. The van der Waals surface area contributed by atoms with E-state index >= 15 is 0 Å². The monoisotopic (exact) mass is 415 g/mol. The van der Waals surface area contributed by atoms with Crippen LogP contribution in [0.1, 0.15) is 19.4 Å². The summed E-state index contributed by atoms with van der Waals surface area (Å²) >= 11 is 0. The number of hydrogen-bond donors (Lipinski definition) is 3. The molecule has 9 heteroatoms. The van der Waals surface area contributed by atoms with Gasteiger partial charge in [-0.3, -0.25) is 4.55 Å². The second kappa shape index (κ2) is 6.78. The van der Waals surface area contributed by atoms with Crippen molar-refractivity contribution < 1.29 is 17.4 Å². The van der Waals surface area contributed by atoms with Crippen molar-refractivity contribution in [2.24, 2.45) is 0 Å². The highest BCUT2D eigenvalue weighted by Crippen LogP contribution is 2.41. The van der Waals surface area contributed by atoms with E-state index in [2.05, 4.69) is 15.5 Å². The van der Waals surface area contributed by atoms with Gasteiger partial charge in [-0.05, 0) is 44.2 Å². The van der Waals surface area contributed by atoms with Crippen molar-refractivity contribution in [3.8, 4) is 0 Å². The summed E-state index contributed by atoms with van der Waals surface area (Å²) in [6.45, 7) is 5.64. The van der Waals surface area contributed by atoms with Gasteiger partial charge in [0.1, 0.15) is 11.1 Å². The largest absolute Gasteiger partial charge is 0.422 e. The van der Waals surface area contributed by atoms with Gasteiger partial charge in [0.25, 0.3) is 4.99 Å². The maximum absolute atomic E-state index is 12.8. The molecule has 0 bridgehead atoms. The van der Waals surface area contributed by atoms with Crippen LogP contribution in [0.2, 0.25) is 0 Å². The highest BCUT2D eigenvalue weighted by molar-refractivity contribution is 7.87. The molecule has 0 saturated carbocycles. The third-order valence-corrected chi connectivity index (χ3v) is 6.36. The summed E-state index contributed by atoms with van der Waals surface area (Å²) in [6, 6.07) is 13.5. The highest BCUT2D eigenvalue weighted by atomic mass is 32.2. The molecular weight excluding hydrogens is 394 g/mol. The maximum Gasteiger partial charge on any atom is 0.345 e. The molecule has 0 saturated heterocycles. The van der Waals surface area contributed by atoms with Crippen molar-refractivity contribution >= 4 is 38.1 Å². The summed E-state index contributed by atoms with van der Waals surface area (Å²) in [6.07, 6.45) is 0. The third-order valence-electron chi connectivity index (χ3n) is 5.16. The van der Waals surface area contributed by atoms with Crippen LogP contribution in [0.5, 0.6) is 0 Å². The molecule has 0 fully saturated rings. The molecule has 152 valence electrons. The molecule has 0 radical (unpaired) electrons. The molecule has 3 N–H and O–H groups in total. The van der Waals surface area contributed by atoms with Gasteiger partial charge in [0.15, 0.2) is 0 Å². The fourth-order valence-electron chi connectivity index (χ4n) is 3.65. The molecular formula is C20H21N3O5S. The Morgan fingerprint density at radius 2 is 1.66 bits per heavy atom. The molecule has 1 aliphatic rings. The van der Waals surface area contributed by atoms with Crippen molar-refractivity contribution in [2.45, 2.75) is 18.8 Å². The van der Waals surface area contributed by atoms with Gasteiger partial charge in [-0.25, -0.2) is 4.79 Å². The molecule has 1 aliphatic heterocycles. The molecule has 0 unspecified atom stereocenters. The highest BCUT2D eigenvalue weighted by Gasteiger charge is 2.51. The van der Waals surface area contributed by atoms with Gasteiger partial charge in [-0.2, -0.15) is 8.42 Å². The Hall–Kier alpha value is -3.04. The zero-order valence-electron chi connectivity index (χ0n) is 16.0. The van der Waals surface area contributed by atoms with E-state index in [0.29, 0.717) is 22.3 Å². The summed E-state index contributed by atoms with van der Waals surface area (Å²) < 4.78 is 40.3. The summed E-state index contributed by atoms with van der Waals surface area (Å²) in [5.74, 6) is 0. The minimum atomic E-state index is -4.80. The quantitative estimate of drug-likeness (QED) is 0.430. The maximum atomic E-state index is 12.8. The van der Waals surface area contributed by atoms with Gasteiger partial charge < -0.3 is 20.0 Å². The van der Waals surface area contributed by atoms with E-state index in [-0.39, 0.29) is 5.56 Å². The summed E-state index contributed by atoms with van der Waals surface area (Å²) in [5, 5.41) is 6.02. The number of hydrogen-bond acceptors (Lipinski definition) is 7. The van der Waals surface area contributed by atoms with Crippen molar-refractivity contribution in [3.05, 3.63) is 64.5 Å². The zero-order chi connectivity index (χ0) is 20.8. The van der Waals surface area contributed by atoms with E-state index in [4.69, 9.17) is 4.42 Å². The number of fused-ring (bicyclic) bond motifs is 2. The van der Waals surface area contributed by atoms with Crippen molar-refractivity contribution in [1.82, 2.24) is 0 Å².